The fourth-order valence-electron chi connectivity index (χ4n) is 3.30. The van der Waals surface area contributed by atoms with Crippen molar-refractivity contribution in [3.8, 4) is 0 Å². The van der Waals surface area contributed by atoms with Crippen LogP contribution < -0.4 is 0 Å². The van der Waals surface area contributed by atoms with Crippen LogP contribution in [0.2, 0.25) is 0 Å². The number of carbonyl (C=O) groups is 2. The first-order valence-electron chi connectivity index (χ1n) is 8.68. The summed E-state index contributed by atoms with van der Waals surface area (Å²) < 4.78 is 43.1. The summed E-state index contributed by atoms with van der Waals surface area (Å²) >= 11 is 0. The molecule has 3 atom stereocenters. The van der Waals surface area contributed by atoms with Gasteiger partial charge in [-0.05, 0) is 29.5 Å². The first-order valence-corrected chi connectivity index (χ1v) is 8.68. The molecule has 142 valence electrons. The summed E-state index contributed by atoms with van der Waals surface area (Å²) in [5.41, 5.74) is 0.330. The number of Topliss-reactive ketones (excluding diaryl/α,β-unsaturated/α-hetero) is 1. The minimum atomic E-state index is -4.43. The molecule has 0 heterocycles. The van der Waals surface area contributed by atoms with E-state index >= 15 is 0 Å². The zero-order chi connectivity index (χ0) is 19.6. The van der Waals surface area contributed by atoms with Crippen molar-refractivity contribution in [3.05, 3.63) is 71.3 Å². The molecule has 0 radical (unpaired) electrons. The normalized spacial score (nSPS) is 21.6. The van der Waals surface area contributed by atoms with Gasteiger partial charge >= 0.3 is 12.1 Å². The van der Waals surface area contributed by atoms with Crippen molar-refractivity contribution in [2.45, 2.75) is 26.1 Å². The molecule has 0 spiro atoms. The number of hydrogen-bond donors (Lipinski definition) is 0. The Bertz CT molecular complexity index is 813. The van der Waals surface area contributed by atoms with E-state index in [2.05, 4.69) is 0 Å². The number of rotatable bonds is 6. The third-order valence-corrected chi connectivity index (χ3v) is 5.01. The summed E-state index contributed by atoms with van der Waals surface area (Å²) in [6.07, 6.45) is -4.30. The van der Waals surface area contributed by atoms with Crippen LogP contribution in [-0.2, 0) is 22.3 Å². The Morgan fingerprint density at radius 1 is 1.00 bits per heavy atom. The van der Waals surface area contributed by atoms with Crippen LogP contribution in [0.15, 0.2) is 54.6 Å². The first kappa shape index (κ1) is 19.1. The van der Waals surface area contributed by atoms with Gasteiger partial charge in [-0.15, -0.1) is 0 Å². The third-order valence-electron chi connectivity index (χ3n) is 5.01. The van der Waals surface area contributed by atoms with E-state index in [1.165, 1.54) is 12.1 Å². The highest BCUT2D eigenvalue weighted by Gasteiger charge is 2.52. The van der Waals surface area contributed by atoms with Gasteiger partial charge in [-0.1, -0.05) is 49.4 Å². The minimum Gasteiger partial charge on any atom is -0.461 e. The molecule has 0 unspecified atom stereocenters. The van der Waals surface area contributed by atoms with Gasteiger partial charge in [0.1, 0.15) is 6.61 Å². The van der Waals surface area contributed by atoms with Gasteiger partial charge in [-0.25, -0.2) is 0 Å². The Kier molecular flexibility index (Phi) is 5.35. The summed E-state index contributed by atoms with van der Waals surface area (Å²) in [7, 11) is 0. The number of benzene rings is 2. The summed E-state index contributed by atoms with van der Waals surface area (Å²) in [5, 5.41) is 0. The van der Waals surface area contributed by atoms with Crippen LogP contribution in [0.3, 0.4) is 0 Å². The van der Waals surface area contributed by atoms with Gasteiger partial charge in [-0.3, -0.25) is 9.59 Å². The lowest BCUT2D eigenvalue weighted by Crippen LogP contribution is -2.10. The van der Waals surface area contributed by atoms with Gasteiger partial charge in [0.15, 0.2) is 5.78 Å². The van der Waals surface area contributed by atoms with E-state index in [0.717, 1.165) is 17.7 Å². The number of ketones is 1. The molecule has 2 aromatic rings. The van der Waals surface area contributed by atoms with Crippen molar-refractivity contribution in [3.63, 3.8) is 0 Å². The van der Waals surface area contributed by atoms with E-state index in [0.29, 0.717) is 0 Å². The zero-order valence-corrected chi connectivity index (χ0v) is 14.7. The van der Waals surface area contributed by atoms with Crippen molar-refractivity contribution >= 4 is 11.8 Å². The summed E-state index contributed by atoms with van der Waals surface area (Å²) in [6, 6.07) is 13.5. The lowest BCUT2D eigenvalue weighted by Gasteiger charge is -2.07. The molecule has 3 rings (SSSR count). The molecule has 1 fully saturated rings. The van der Waals surface area contributed by atoms with Crippen LogP contribution in [0.5, 0.6) is 0 Å². The molecule has 27 heavy (non-hydrogen) atoms. The summed E-state index contributed by atoms with van der Waals surface area (Å²) in [6.45, 7) is 2.04. The van der Waals surface area contributed by atoms with E-state index in [9.17, 15) is 22.8 Å². The maximum atomic E-state index is 12.6. The number of alkyl halides is 3. The van der Waals surface area contributed by atoms with Crippen LogP contribution in [0, 0.1) is 17.8 Å². The molecule has 0 amide bonds. The number of carbonyl (C=O) groups excluding carboxylic acids is 2. The molecule has 1 aliphatic rings. The Labute approximate surface area is 155 Å². The minimum absolute atomic E-state index is 0.00377. The lowest BCUT2D eigenvalue weighted by atomic mass is 10.0. The molecule has 1 saturated carbocycles. The van der Waals surface area contributed by atoms with Crippen LogP contribution in [0.25, 0.3) is 0 Å². The summed E-state index contributed by atoms with van der Waals surface area (Å²) in [4.78, 5) is 24.5. The Hall–Kier alpha value is -2.63. The summed E-state index contributed by atoms with van der Waals surface area (Å²) in [5.74, 6) is -1.09. The number of halogens is 3. The van der Waals surface area contributed by atoms with E-state index in [1.807, 2.05) is 37.3 Å². The van der Waals surface area contributed by atoms with Crippen molar-refractivity contribution in [2.24, 2.45) is 17.8 Å². The molecule has 3 nitrogen and oxygen atoms in total. The predicted molar refractivity (Wildman–Crippen MR) is 92.8 cm³/mol. The molecule has 0 bridgehead atoms. The third kappa shape index (κ3) is 4.56. The molecular formula is C21H19F3O3. The molecule has 0 aliphatic heterocycles. The SMILES string of the molecule is C[C@H]1[C@@H](CC(=O)OCc2ccccc2)[C@@H]1C(=O)c1ccc(C(F)(F)F)cc1. The van der Waals surface area contributed by atoms with Crippen LogP contribution >= 0.6 is 0 Å². The zero-order valence-electron chi connectivity index (χ0n) is 14.7. The highest BCUT2D eigenvalue weighted by atomic mass is 19.4. The molecule has 0 saturated heterocycles. The highest BCUT2D eigenvalue weighted by Crippen LogP contribution is 2.50. The second-order valence-electron chi connectivity index (χ2n) is 6.84. The molecular weight excluding hydrogens is 357 g/mol. The van der Waals surface area contributed by atoms with Gasteiger partial charge in [0.05, 0.1) is 5.56 Å². The van der Waals surface area contributed by atoms with E-state index in [1.54, 1.807) is 0 Å². The quantitative estimate of drug-likeness (QED) is 0.532. The lowest BCUT2D eigenvalue weighted by molar-refractivity contribution is -0.145. The molecule has 0 aromatic heterocycles. The maximum absolute atomic E-state index is 12.6. The first-order chi connectivity index (χ1) is 12.8. The van der Waals surface area contributed by atoms with Gasteiger partial charge in [0, 0.05) is 17.9 Å². The van der Waals surface area contributed by atoms with Gasteiger partial charge in [0.2, 0.25) is 0 Å². The average molecular weight is 376 g/mol. The van der Waals surface area contributed by atoms with Crippen LogP contribution in [-0.4, -0.2) is 11.8 Å². The van der Waals surface area contributed by atoms with Gasteiger partial charge < -0.3 is 4.74 Å². The second-order valence-corrected chi connectivity index (χ2v) is 6.84. The van der Waals surface area contributed by atoms with Crippen molar-refractivity contribution in [2.75, 3.05) is 0 Å². The van der Waals surface area contributed by atoms with E-state index in [4.69, 9.17) is 4.74 Å². The number of ether oxygens (including phenoxy) is 1. The maximum Gasteiger partial charge on any atom is 0.416 e. The number of esters is 1. The topological polar surface area (TPSA) is 43.4 Å². The fraction of sp³-hybridized carbons (Fsp3) is 0.333. The Morgan fingerprint density at radius 2 is 1.63 bits per heavy atom. The van der Waals surface area contributed by atoms with Crippen molar-refractivity contribution in [1.29, 1.82) is 0 Å². The average Bonchev–Trinajstić information content (AvgIpc) is 3.28. The second kappa shape index (κ2) is 7.55. The molecule has 6 heteroatoms. The van der Waals surface area contributed by atoms with Crippen LogP contribution in [0.4, 0.5) is 13.2 Å². The Balaban J connectivity index is 1.54. The number of hydrogen-bond acceptors (Lipinski definition) is 3. The largest absolute Gasteiger partial charge is 0.461 e. The predicted octanol–water partition coefficient (Wildman–Crippen LogP) is 4.90. The monoisotopic (exact) mass is 376 g/mol. The van der Waals surface area contributed by atoms with Crippen molar-refractivity contribution in [1.82, 2.24) is 0 Å². The van der Waals surface area contributed by atoms with E-state index in [-0.39, 0.29) is 48.1 Å². The molecule has 0 N–H and O–H groups in total. The fourth-order valence-corrected chi connectivity index (χ4v) is 3.30. The van der Waals surface area contributed by atoms with Crippen LogP contribution in [0.1, 0.15) is 34.8 Å². The van der Waals surface area contributed by atoms with E-state index < -0.39 is 11.7 Å². The highest BCUT2D eigenvalue weighted by molar-refractivity contribution is 6.00. The van der Waals surface area contributed by atoms with Crippen molar-refractivity contribution < 1.29 is 27.5 Å². The molecule has 2 aromatic carbocycles. The smallest absolute Gasteiger partial charge is 0.416 e. The standard InChI is InChI=1S/C21H19F3O3/c1-13-17(11-18(25)27-12-14-5-3-2-4-6-14)19(13)20(26)15-7-9-16(10-8-15)21(22,23)24/h2-10,13,17,19H,11-12H2,1H3/t13-,17+,19+/m0/s1. The molecule has 1 aliphatic carbocycles. The van der Waals surface area contributed by atoms with Gasteiger partial charge in [-0.2, -0.15) is 13.2 Å². The van der Waals surface area contributed by atoms with Gasteiger partial charge in [0.25, 0.3) is 0 Å². The Morgan fingerprint density at radius 3 is 2.22 bits per heavy atom.